The minimum absolute atomic E-state index is 0.106. The number of rotatable bonds is 3. The number of nitrogens with zero attached hydrogens (tertiary/aromatic N) is 2. The lowest BCUT2D eigenvalue weighted by Crippen LogP contribution is -2.14. The molecule has 0 unspecified atom stereocenters. The lowest BCUT2D eigenvalue weighted by atomic mass is 10.0. The van der Waals surface area contributed by atoms with Crippen molar-refractivity contribution in [3.05, 3.63) is 40.5 Å². The van der Waals surface area contributed by atoms with E-state index in [2.05, 4.69) is 15.5 Å². The molecule has 0 atom stereocenters. The molecule has 2 heterocycles. The summed E-state index contributed by atoms with van der Waals surface area (Å²) in [7, 11) is 0. The lowest BCUT2D eigenvalue weighted by molar-refractivity contribution is -0.115. The number of aromatic nitrogens is 2. The Bertz CT molecular complexity index is 912. The van der Waals surface area contributed by atoms with Crippen molar-refractivity contribution >= 4 is 39.1 Å². The first-order valence-corrected chi connectivity index (χ1v) is 8.18. The summed E-state index contributed by atoms with van der Waals surface area (Å²) in [5, 5.41) is 8.01. The summed E-state index contributed by atoms with van der Waals surface area (Å²) in [5.41, 5.74) is 2.05. The molecule has 0 bridgehead atoms. The smallest absolute Gasteiger partial charge is 0.232 e. The molecule has 116 valence electrons. The molecule has 1 aliphatic rings. The van der Waals surface area contributed by atoms with Crippen molar-refractivity contribution in [3.8, 4) is 0 Å². The molecule has 0 spiro atoms. The van der Waals surface area contributed by atoms with Crippen LogP contribution in [0.25, 0.3) is 11.0 Å². The Balaban J connectivity index is 1.51. The summed E-state index contributed by atoms with van der Waals surface area (Å²) in [6.07, 6.45) is 2.29. The van der Waals surface area contributed by atoms with Gasteiger partial charge in [-0.05, 0) is 25.0 Å². The fourth-order valence-electron chi connectivity index (χ4n) is 2.70. The fourth-order valence-corrected chi connectivity index (χ4v) is 3.70. The Hall–Kier alpha value is -2.54. The predicted octanol–water partition coefficient (Wildman–Crippen LogP) is 2.98. The maximum Gasteiger partial charge on any atom is 0.232 e. The van der Waals surface area contributed by atoms with Crippen LogP contribution in [-0.2, 0) is 17.6 Å². The Morgan fingerprint density at radius 2 is 2.17 bits per heavy atom. The quantitative estimate of drug-likeness (QED) is 0.799. The number of Topliss-reactive ketones (excluding diaryl/α,β-unsaturated/α-hetero) is 1. The SMILES string of the molecule is O=C(Cc1noc2ccccc12)Nc1nc2c(s1)C(=O)CCC2. The number of hydrogen-bond donors (Lipinski definition) is 1. The van der Waals surface area contributed by atoms with Crippen LogP contribution >= 0.6 is 11.3 Å². The summed E-state index contributed by atoms with van der Waals surface area (Å²) >= 11 is 1.25. The molecule has 3 aromatic rings. The van der Waals surface area contributed by atoms with Gasteiger partial charge in [0.25, 0.3) is 0 Å². The van der Waals surface area contributed by atoms with Crippen molar-refractivity contribution < 1.29 is 14.1 Å². The number of carbonyl (C=O) groups excluding carboxylic acids is 2. The van der Waals surface area contributed by atoms with Crippen LogP contribution in [0.4, 0.5) is 5.13 Å². The molecular formula is C16H13N3O3S. The average molecular weight is 327 g/mol. The monoisotopic (exact) mass is 327 g/mol. The Kier molecular flexibility index (Phi) is 3.42. The molecule has 1 aromatic carbocycles. The van der Waals surface area contributed by atoms with Gasteiger partial charge in [0.1, 0.15) is 5.69 Å². The van der Waals surface area contributed by atoms with Crippen LogP contribution in [0.5, 0.6) is 0 Å². The maximum atomic E-state index is 12.2. The van der Waals surface area contributed by atoms with Gasteiger partial charge in [-0.3, -0.25) is 9.59 Å². The van der Waals surface area contributed by atoms with Crippen LogP contribution < -0.4 is 5.32 Å². The second-order valence-corrected chi connectivity index (χ2v) is 6.42. The van der Waals surface area contributed by atoms with E-state index in [-0.39, 0.29) is 18.1 Å². The van der Waals surface area contributed by atoms with E-state index in [0.717, 1.165) is 23.9 Å². The first kappa shape index (κ1) is 14.1. The minimum atomic E-state index is -0.220. The van der Waals surface area contributed by atoms with Gasteiger partial charge in [-0.1, -0.05) is 28.6 Å². The molecule has 0 saturated heterocycles. The van der Waals surface area contributed by atoms with E-state index in [9.17, 15) is 9.59 Å². The summed E-state index contributed by atoms with van der Waals surface area (Å²) in [6.45, 7) is 0. The predicted molar refractivity (Wildman–Crippen MR) is 85.7 cm³/mol. The number of carbonyl (C=O) groups is 2. The highest BCUT2D eigenvalue weighted by Gasteiger charge is 2.23. The van der Waals surface area contributed by atoms with Crippen molar-refractivity contribution in [1.29, 1.82) is 0 Å². The van der Waals surface area contributed by atoms with E-state index in [0.29, 0.717) is 27.7 Å². The molecule has 6 nitrogen and oxygen atoms in total. The van der Waals surface area contributed by atoms with Gasteiger partial charge in [-0.25, -0.2) is 4.98 Å². The van der Waals surface area contributed by atoms with Crippen LogP contribution in [0.2, 0.25) is 0 Å². The second-order valence-electron chi connectivity index (χ2n) is 5.42. The molecule has 4 rings (SSSR count). The van der Waals surface area contributed by atoms with Crippen LogP contribution in [-0.4, -0.2) is 21.8 Å². The van der Waals surface area contributed by atoms with Crippen LogP contribution in [0.3, 0.4) is 0 Å². The van der Waals surface area contributed by atoms with Crippen LogP contribution in [0.1, 0.15) is 33.9 Å². The number of hydrogen-bond acceptors (Lipinski definition) is 6. The Morgan fingerprint density at radius 3 is 3.04 bits per heavy atom. The fraction of sp³-hybridized carbons (Fsp3) is 0.250. The number of fused-ring (bicyclic) bond motifs is 2. The molecule has 23 heavy (non-hydrogen) atoms. The summed E-state index contributed by atoms with van der Waals surface area (Å²) in [5.74, 6) is -0.102. The second kappa shape index (κ2) is 5.58. The Labute approximate surface area is 135 Å². The van der Waals surface area contributed by atoms with Gasteiger partial charge < -0.3 is 9.84 Å². The normalized spacial score (nSPS) is 14.0. The number of anilines is 1. The van der Waals surface area contributed by atoms with Gasteiger partial charge in [-0.15, -0.1) is 0 Å². The summed E-state index contributed by atoms with van der Waals surface area (Å²) in [4.78, 5) is 29.1. The molecule has 2 aromatic heterocycles. The van der Waals surface area contributed by atoms with Gasteiger partial charge >= 0.3 is 0 Å². The Morgan fingerprint density at radius 1 is 1.30 bits per heavy atom. The summed E-state index contributed by atoms with van der Waals surface area (Å²) in [6, 6.07) is 7.41. The van der Waals surface area contributed by atoms with Gasteiger partial charge in [0, 0.05) is 11.8 Å². The van der Waals surface area contributed by atoms with Crippen molar-refractivity contribution in [2.45, 2.75) is 25.7 Å². The van der Waals surface area contributed by atoms with E-state index in [1.807, 2.05) is 24.3 Å². The molecule has 1 aliphatic carbocycles. The molecule has 0 radical (unpaired) electrons. The third-order valence-corrected chi connectivity index (χ3v) is 4.85. The molecule has 0 saturated carbocycles. The number of benzene rings is 1. The van der Waals surface area contributed by atoms with Crippen LogP contribution in [0.15, 0.2) is 28.8 Å². The van der Waals surface area contributed by atoms with Crippen molar-refractivity contribution in [2.24, 2.45) is 0 Å². The minimum Gasteiger partial charge on any atom is -0.356 e. The number of amides is 1. The number of para-hydroxylation sites is 1. The molecule has 0 aliphatic heterocycles. The van der Waals surface area contributed by atoms with Gasteiger partial charge in [0.2, 0.25) is 5.91 Å². The third-order valence-electron chi connectivity index (χ3n) is 3.79. The largest absolute Gasteiger partial charge is 0.356 e. The number of ketones is 1. The first-order chi connectivity index (χ1) is 11.2. The van der Waals surface area contributed by atoms with E-state index in [1.165, 1.54) is 11.3 Å². The topological polar surface area (TPSA) is 85.1 Å². The van der Waals surface area contributed by atoms with E-state index in [1.54, 1.807) is 0 Å². The molecule has 0 fully saturated rings. The van der Waals surface area contributed by atoms with Gasteiger partial charge in [0.15, 0.2) is 16.5 Å². The average Bonchev–Trinajstić information content (AvgIpc) is 3.12. The number of aryl methyl sites for hydroxylation is 1. The number of nitrogens with one attached hydrogen (secondary N) is 1. The van der Waals surface area contributed by atoms with E-state index >= 15 is 0 Å². The zero-order valence-corrected chi connectivity index (χ0v) is 13.0. The van der Waals surface area contributed by atoms with Gasteiger partial charge in [-0.2, -0.15) is 0 Å². The molecular weight excluding hydrogens is 314 g/mol. The van der Waals surface area contributed by atoms with Gasteiger partial charge in [0.05, 0.1) is 17.0 Å². The zero-order chi connectivity index (χ0) is 15.8. The summed E-state index contributed by atoms with van der Waals surface area (Å²) < 4.78 is 5.19. The van der Waals surface area contributed by atoms with E-state index < -0.39 is 0 Å². The lowest BCUT2D eigenvalue weighted by Gasteiger charge is -2.05. The highest BCUT2D eigenvalue weighted by atomic mass is 32.1. The van der Waals surface area contributed by atoms with E-state index in [4.69, 9.17) is 4.52 Å². The van der Waals surface area contributed by atoms with Crippen molar-refractivity contribution in [2.75, 3.05) is 5.32 Å². The molecule has 1 N–H and O–H groups in total. The maximum absolute atomic E-state index is 12.2. The van der Waals surface area contributed by atoms with Crippen LogP contribution in [0, 0.1) is 0 Å². The first-order valence-electron chi connectivity index (χ1n) is 7.37. The zero-order valence-electron chi connectivity index (χ0n) is 12.2. The number of thiazole rings is 1. The standard InChI is InChI=1S/C16H13N3O3S/c20-12-6-3-5-10-15(12)23-16(17-10)18-14(21)8-11-9-4-1-2-7-13(9)22-19-11/h1-2,4,7H,3,5-6,8H2,(H,17,18,21). The van der Waals surface area contributed by atoms with Crippen molar-refractivity contribution in [3.63, 3.8) is 0 Å². The van der Waals surface area contributed by atoms with Crippen molar-refractivity contribution in [1.82, 2.24) is 10.1 Å². The molecule has 1 amide bonds. The highest BCUT2D eigenvalue weighted by molar-refractivity contribution is 7.17. The molecule has 7 heteroatoms. The third kappa shape index (κ3) is 2.63. The highest BCUT2D eigenvalue weighted by Crippen LogP contribution is 2.29.